The summed E-state index contributed by atoms with van der Waals surface area (Å²) in [5, 5.41) is 13.6. The lowest BCUT2D eigenvalue weighted by Crippen LogP contribution is -2.35. The van der Waals surface area contributed by atoms with Crippen LogP contribution in [0.2, 0.25) is 0 Å². The molecule has 0 spiro atoms. The smallest absolute Gasteiger partial charge is 0.311 e. The highest BCUT2D eigenvalue weighted by molar-refractivity contribution is 5.95. The van der Waals surface area contributed by atoms with Crippen LogP contribution in [0.5, 0.6) is 0 Å². The summed E-state index contributed by atoms with van der Waals surface area (Å²) in [6.45, 7) is 9.44. The largest absolute Gasteiger partial charge is 0.481 e. The van der Waals surface area contributed by atoms with E-state index in [9.17, 15) is 14.7 Å². The second-order valence-electron chi connectivity index (χ2n) is 6.89. The molecule has 1 aromatic rings. The summed E-state index contributed by atoms with van der Waals surface area (Å²) < 4.78 is 1.86. The monoisotopic (exact) mass is 307 g/mol. The minimum absolute atomic E-state index is 0.113. The number of hydrogen-bond donors (Lipinski definition) is 1. The molecule has 1 aromatic heterocycles. The Morgan fingerprint density at radius 1 is 1.45 bits per heavy atom. The Morgan fingerprint density at radius 3 is 2.68 bits per heavy atom. The molecule has 2 rings (SSSR count). The highest BCUT2D eigenvalue weighted by Gasteiger charge is 2.42. The van der Waals surface area contributed by atoms with Gasteiger partial charge < -0.3 is 10.0 Å². The molecule has 0 bridgehead atoms. The van der Waals surface area contributed by atoms with E-state index in [1.165, 1.54) is 0 Å². The van der Waals surface area contributed by atoms with E-state index in [1.807, 2.05) is 11.6 Å². The van der Waals surface area contributed by atoms with Crippen LogP contribution in [0.15, 0.2) is 6.20 Å². The normalized spacial score (nSPS) is 21.6. The molecule has 1 aliphatic heterocycles. The van der Waals surface area contributed by atoms with Crippen LogP contribution in [0.25, 0.3) is 0 Å². The van der Waals surface area contributed by atoms with Gasteiger partial charge in [-0.05, 0) is 32.6 Å². The van der Waals surface area contributed by atoms with Gasteiger partial charge in [-0.2, -0.15) is 5.10 Å². The highest BCUT2D eigenvalue weighted by atomic mass is 16.4. The molecule has 0 saturated carbocycles. The van der Waals surface area contributed by atoms with Crippen LogP contribution in [-0.4, -0.2) is 44.8 Å². The molecule has 0 aromatic carbocycles. The average Bonchev–Trinajstić information content (AvgIpc) is 3.01. The van der Waals surface area contributed by atoms with Crippen LogP contribution in [0.1, 0.15) is 49.7 Å². The predicted octanol–water partition coefficient (Wildman–Crippen LogP) is 2.17. The number of aryl methyl sites for hydroxylation is 1. The number of carboxylic acid groups (broad SMARTS) is 1. The van der Waals surface area contributed by atoms with Crippen molar-refractivity contribution in [3.8, 4) is 0 Å². The van der Waals surface area contributed by atoms with Gasteiger partial charge in [-0.1, -0.05) is 13.8 Å². The summed E-state index contributed by atoms with van der Waals surface area (Å²) in [6.07, 6.45) is 3.11. The second-order valence-corrected chi connectivity index (χ2v) is 6.89. The molecule has 0 aliphatic carbocycles. The molecule has 1 fully saturated rings. The van der Waals surface area contributed by atoms with E-state index in [0.29, 0.717) is 24.4 Å². The van der Waals surface area contributed by atoms with Gasteiger partial charge in [-0.25, -0.2) is 0 Å². The van der Waals surface area contributed by atoms with Crippen molar-refractivity contribution in [1.29, 1.82) is 0 Å². The van der Waals surface area contributed by atoms with Crippen molar-refractivity contribution in [2.24, 2.45) is 11.3 Å². The van der Waals surface area contributed by atoms with Crippen molar-refractivity contribution in [3.05, 3.63) is 17.5 Å². The third-order valence-electron chi connectivity index (χ3n) is 4.53. The van der Waals surface area contributed by atoms with Crippen LogP contribution >= 0.6 is 0 Å². The molecular formula is C16H25N3O3. The topological polar surface area (TPSA) is 75.4 Å². The fourth-order valence-corrected chi connectivity index (χ4v) is 2.74. The standard InChI is InChI=1S/C16H25N3O3/c1-11(2)5-7-19-12(3)13(9-17-19)14(20)18-8-6-16(4,10-18)15(21)22/h9,11H,5-8,10H2,1-4H3,(H,21,22). The van der Waals surface area contributed by atoms with Crippen molar-refractivity contribution in [3.63, 3.8) is 0 Å². The molecule has 2 heterocycles. The number of amides is 1. The number of carboxylic acids is 1. The Bertz CT molecular complexity index is 579. The minimum atomic E-state index is -0.841. The quantitative estimate of drug-likeness (QED) is 0.904. The predicted molar refractivity (Wildman–Crippen MR) is 82.7 cm³/mol. The highest BCUT2D eigenvalue weighted by Crippen LogP contribution is 2.31. The van der Waals surface area contributed by atoms with Crippen LogP contribution in [0.3, 0.4) is 0 Å². The summed E-state index contributed by atoms with van der Waals surface area (Å²) in [5.74, 6) is -0.372. The zero-order chi connectivity index (χ0) is 16.5. The van der Waals surface area contributed by atoms with Gasteiger partial charge in [0.2, 0.25) is 0 Å². The summed E-state index contributed by atoms with van der Waals surface area (Å²) >= 11 is 0. The van der Waals surface area contributed by atoms with Gasteiger partial charge in [-0.3, -0.25) is 14.3 Å². The maximum atomic E-state index is 12.6. The molecule has 1 atom stereocenters. The molecule has 122 valence electrons. The molecular weight excluding hydrogens is 282 g/mol. The number of likely N-dealkylation sites (tertiary alicyclic amines) is 1. The van der Waals surface area contributed by atoms with Gasteiger partial charge in [0.25, 0.3) is 5.91 Å². The fraction of sp³-hybridized carbons (Fsp3) is 0.688. The van der Waals surface area contributed by atoms with E-state index < -0.39 is 11.4 Å². The van der Waals surface area contributed by atoms with Crippen molar-refractivity contribution < 1.29 is 14.7 Å². The molecule has 1 amide bonds. The van der Waals surface area contributed by atoms with Gasteiger partial charge >= 0.3 is 5.97 Å². The van der Waals surface area contributed by atoms with Gasteiger partial charge in [-0.15, -0.1) is 0 Å². The lowest BCUT2D eigenvalue weighted by Gasteiger charge is -2.20. The maximum absolute atomic E-state index is 12.6. The van der Waals surface area contributed by atoms with Gasteiger partial charge in [0.05, 0.1) is 17.2 Å². The zero-order valence-electron chi connectivity index (χ0n) is 13.8. The number of rotatable bonds is 5. The number of nitrogens with zero attached hydrogens (tertiary/aromatic N) is 3. The summed E-state index contributed by atoms with van der Waals surface area (Å²) in [7, 11) is 0. The first kappa shape index (κ1) is 16.5. The SMILES string of the molecule is Cc1c(C(=O)N2CCC(C)(C(=O)O)C2)cnn1CCC(C)C. The van der Waals surface area contributed by atoms with E-state index in [2.05, 4.69) is 18.9 Å². The molecule has 1 unspecified atom stereocenters. The van der Waals surface area contributed by atoms with E-state index >= 15 is 0 Å². The fourth-order valence-electron chi connectivity index (χ4n) is 2.74. The molecule has 1 N–H and O–H groups in total. The lowest BCUT2D eigenvalue weighted by atomic mass is 9.90. The summed E-state index contributed by atoms with van der Waals surface area (Å²) in [6, 6.07) is 0. The molecule has 6 nitrogen and oxygen atoms in total. The number of aromatic nitrogens is 2. The number of hydrogen-bond acceptors (Lipinski definition) is 3. The first-order valence-electron chi connectivity index (χ1n) is 7.79. The molecule has 0 radical (unpaired) electrons. The minimum Gasteiger partial charge on any atom is -0.481 e. The van der Waals surface area contributed by atoms with E-state index in [0.717, 1.165) is 18.7 Å². The Labute approximate surface area is 131 Å². The first-order valence-corrected chi connectivity index (χ1v) is 7.79. The maximum Gasteiger partial charge on any atom is 0.311 e. The van der Waals surface area contributed by atoms with Crippen LogP contribution in [-0.2, 0) is 11.3 Å². The second kappa shape index (κ2) is 6.10. The van der Waals surface area contributed by atoms with Crippen LogP contribution in [0, 0.1) is 18.3 Å². The summed E-state index contributed by atoms with van der Waals surface area (Å²) in [4.78, 5) is 25.5. The third-order valence-corrected chi connectivity index (χ3v) is 4.53. The number of aliphatic carboxylic acids is 1. The Kier molecular flexibility index (Phi) is 4.58. The van der Waals surface area contributed by atoms with E-state index in [4.69, 9.17) is 0 Å². The Hall–Kier alpha value is -1.85. The number of carbonyl (C=O) groups excluding carboxylic acids is 1. The summed E-state index contributed by atoms with van der Waals surface area (Å²) in [5.41, 5.74) is 0.602. The van der Waals surface area contributed by atoms with Gasteiger partial charge in [0.1, 0.15) is 0 Å². The van der Waals surface area contributed by atoms with E-state index in [-0.39, 0.29) is 12.5 Å². The zero-order valence-corrected chi connectivity index (χ0v) is 13.8. The van der Waals surface area contributed by atoms with Crippen molar-refractivity contribution in [1.82, 2.24) is 14.7 Å². The molecule has 6 heteroatoms. The third kappa shape index (κ3) is 3.15. The van der Waals surface area contributed by atoms with Crippen LogP contribution < -0.4 is 0 Å². The van der Waals surface area contributed by atoms with Crippen molar-refractivity contribution in [2.45, 2.75) is 47.1 Å². The molecule has 1 aliphatic rings. The molecule has 22 heavy (non-hydrogen) atoms. The Balaban J connectivity index is 2.10. The van der Waals surface area contributed by atoms with Gasteiger partial charge in [0.15, 0.2) is 0 Å². The van der Waals surface area contributed by atoms with Gasteiger partial charge in [0, 0.05) is 25.3 Å². The lowest BCUT2D eigenvalue weighted by molar-refractivity contribution is -0.147. The van der Waals surface area contributed by atoms with Crippen LogP contribution in [0.4, 0.5) is 0 Å². The van der Waals surface area contributed by atoms with Crippen molar-refractivity contribution in [2.75, 3.05) is 13.1 Å². The Morgan fingerprint density at radius 2 is 2.14 bits per heavy atom. The van der Waals surface area contributed by atoms with Crippen molar-refractivity contribution >= 4 is 11.9 Å². The average molecular weight is 307 g/mol. The van der Waals surface area contributed by atoms with E-state index in [1.54, 1.807) is 18.0 Å². The number of carbonyl (C=O) groups is 2. The molecule has 1 saturated heterocycles. The first-order chi connectivity index (χ1) is 10.2.